The first kappa shape index (κ1) is 15.7. The minimum atomic E-state index is 0. The molecule has 0 heterocycles. The maximum atomic E-state index is 2.08. The Hall–Kier alpha value is 1.15. The Morgan fingerprint density at radius 3 is 1.00 bits per heavy atom. The molecule has 6 heavy (non-hydrogen) atoms. The summed E-state index contributed by atoms with van der Waals surface area (Å²) in [5.41, 5.74) is 0. The zero-order chi connectivity index (χ0) is 3.58. The van der Waals surface area contributed by atoms with Crippen molar-refractivity contribution >= 4 is 0 Å². The molecule has 0 atom stereocenters. The first-order chi connectivity index (χ1) is 1.73. The molecule has 0 aromatic heterocycles. The predicted octanol–water partition coefficient (Wildman–Crippen LogP) is -4.24. The molecular formula is C3H10BrNTi. The summed E-state index contributed by atoms with van der Waals surface area (Å²) in [7, 11) is 6.25. The molecule has 0 unspecified atom stereocenters. The van der Waals surface area contributed by atoms with Gasteiger partial charge in [-0.2, -0.15) is 0 Å². The largest absolute Gasteiger partial charge is 1.00 e. The summed E-state index contributed by atoms with van der Waals surface area (Å²) in [6.07, 6.45) is 0. The van der Waals surface area contributed by atoms with E-state index in [4.69, 9.17) is 0 Å². The summed E-state index contributed by atoms with van der Waals surface area (Å²) < 4.78 is 0. The maximum absolute atomic E-state index is 2.08. The van der Waals surface area contributed by atoms with E-state index < -0.39 is 0 Å². The Morgan fingerprint density at radius 2 is 1.00 bits per heavy atom. The molecule has 0 spiro atoms. The normalized spacial score (nSPS) is 6.00. The van der Waals surface area contributed by atoms with Crippen molar-refractivity contribution in [1.82, 2.24) is 0 Å². The van der Waals surface area contributed by atoms with E-state index in [0.717, 1.165) is 0 Å². The van der Waals surface area contributed by atoms with Crippen molar-refractivity contribution in [3.8, 4) is 0 Å². The average molecular weight is 188 g/mol. The summed E-state index contributed by atoms with van der Waals surface area (Å²) in [4.78, 5) is 1.42. The molecular weight excluding hydrogens is 178 g/mol. The fourth-order valence-electron chi connectivity index (χ4n) is 0. The van der Waals surface area contributed by atoms with Gasteiger partial charge in [0.25, 0.3) is 0 Å². The smallest absolute Gasteiger partial charge is 0.0661 e. The van der Waals surface area contributed by atoms with Crippen LogP contribution >= 0.6 is 0 Å². The van der Waals surface area contributed by atoms with Gasteiger partial charge in [-0.05, 0) is 0 Å². The molecule has 38 valence electrons. The van der Waals surface area contributed by atoms with Crippen molar-refractivity contribution in [2.75, 3.05) is 21.1 Å². The molecule has 0 bridgehead atoms. The fraction of sp³-hybridized carbons (Fsp3) is 1.00. The zero-order valence-electron chi connectivity index (χ0n) is 4.38. The molecule has 0 aliphatic rings. The monoisotopic (exact) mass is 187 g/mol. The Balaban J connectivity index is -0.0000000450. The molecule has 3 heteroatoms. The molecule has 0 aromatic carbocycles. The van der Waals surface area contributed by atoms with Crippen LogP contribution in [0.4, 0.5) is 0 Å². The zero-order valence-corrected chi connectivity index (χ0v) is 7.53. The second kappa shape index (κ2) is 9.47. The van der Waals surface area contributed by atoms with Gasteiger partial charge in [-0.3, -0.25) is 0 Å². The van der Waals surface area contributed by atoms with Crippen LogP contribution in [0.2, 0.25) is 0 Å². The van der Waals surface area contributed by atoms with Gasteiger partial charge >= 0.3 is 0 Å². The predicted molar refractivity (Wildman–Crippen MR) is 18.7 cm³/mol. The van der Waals surface area contributed by atoms with Crippen molar-refractivity contribution in [2.45, 2.75) is 0 Å². The molecule has 0 fully saturated rings. The number of rotatable bonds is 0. The Bertz CT molecular complexity index is 15.5. The van der Waals surface area contributed by atoms with Crippen LogP contribution < -0.4 is 21.9 Å². The number of halogens is 1. The summed E-state index contributed by atoms with van der Waals surface area (Å²) in [6, 6.07) is 0. The van der Waals surface area contributed by atoms with Gasteiger partial charge in [0.15, 0.2) is 0 Å². The van der Waals surface area contributed by atoms with E-state index in [9.17, 15) is 0 Å². The van der Waals surface area contributed by atoms with Gasteiger partial charge in [-0.1, -0.05) is 0 Å². The van der Waals surface area contributed by atoms with Gasteiger partial charge in [0.05, 0.1) is 21.1 Å². The number of nitrogens with one attached hydrogen (secondary N) is 1. The quantitative estimate of drug-likeness (QED) is 0.367. The van der Waals surface area contributed by atoms with Gasteiger partial charge in [0, 0.05) is 21.7 Å². The van der Waals surface area contributed by atoms with E-state index in [1.807, 2.05) is 0 Å². The molecule has 0 saturated carbocycles. The maximum Gasteiger partial charge on any atom is 0.0661 e. The molecule has 0 radical (unpaired) electrons. The molecule has 0 aromatic rings. The third-order valence-corrected chi connectivity index (χ3v) is 0. The third kappa shape index (κ3) is 66.8. The molecule has 0 saturated heterocycles. The van der Waals surface area contributed by atoms with Gasteiger partial charge in [0.2, 0.25) is 0 Å². The van der Waals surface area contributed by atoms with Crippen molar-refractivity contribution in [2.24, 2.45) is 0 Å². The van der Waals surface area contributed by atoms with E-state index in [1.165, 1.54) is 4.90 Å². The van der Waals surface area contributed by atoms with Crippen LogP contribution in [0.3, 0.4) is 0 Å². The standard InChI is InChI=1S/C3H9N.BrH.Ti/c1-4(2)3;;/h1-3H3;1H;. The van der Waals surface area contributed by atoms with E-state index in [2.05, 4.69) is 21.1 Å². The second-order valence-electron chi connectivity index (χ2n) is 1.50. The topological polar surface area (TPSA) is 4.44 Å². The van der Waals surface area contributed by atoms with Gasteiger partial charge in [0.1, 0.15) is 0 Å². The van der Waals surface area contributed by atoms with Crippen molar-refractivity contribution in [3.05, 3.63) is 0 Å². The molecule has 0 aliphatic heterocycles. The van der Waals surface area contributed by atoms with E-state index >= 15 is 0 Å². The van der Waals surface area contributed by atoms with Crippen LogP contribution in [-0.4, -0.2) is 21.1 Å². The first-order valence-electron chi connectivity index (χ1n) is 1.50. The second-order valence-corrected chi connectivity index (χ2v) is 1.50. The molecule has 0 amide bonds. The Morgan fingerprint density at radius 1 is 1.00 bits per heavy atom. The van der Waals surface area contributed by atoms with Gasteiger partial charge in [-0.15, -0.1) is 0 Å². The Kier molecular flexibility index (Phi) is 24.8. The van der Waals surface area contributed by atoms with Crippen molar-refractivity contribution in [1.29, 1.82) is 0 Å². The van der Waals surface area contributed by atoms with Crippen molar-refractivity contribution < 1.29 is 43.6 Å². The van der Waals surface area contributed by atoms with Crippen LogP contribution in [0, 0.1) is 0 Å². The number of hydrogen-bond donors (Lipinski definition) is 1. The summed E-state index contributed by atoms with van der Waals surface area (Å²) in [5.74, 6) is 0. The summed E-state index contributed by atoms with van der Waals surface area (Å²) in [6.45, 7) is 0. The van der Waals surface area contributed by atoms with Gasteiger partial charge in [-0.25, -0.2) is 0 Å². The third-order valence-electron chi connectivity index (χ3n) is 0. The Labute approximate surface area is 64.7 Å². The minimum Gasteiger partial charge on any atom is -1.00 e. The minimum absolute atomic E-state index is 0. The van der Waals surface area contributed by atoms with Crippen LogP contribution in [0.1, 0.15) is 0 Å². The van der Waals surface area contributed by atoms with E-state index in [0.29, 0.717) is 0 Å². The molecule has 0 aliphatic carbocycles. The average Bonchev–Trinajstić information content (AvgIpc) is 0.811. The van der Waals surface area contributed by atoms with Crippen LogP contribution in [0.15, 0.2) is 0 Å². The van der Waals surface area contributed by atoms with Crippen LogP contribution in [0.25, 0.3) is 0 Å². The van der Waals surface area contributed by atoms with Crippen LogP contribution in [0.5, 0.6) is 0 Å². The number of quaternary nitrogens is 1. The SMILES string of the molecule is C[NH+](C)C.[Br-].[Ti]. The molecule has 1 nitrogen and oxygen atoms in total. The number of hydrogen-bond acceptors (Lipinski definition) is 0. The summed E-state index contributed by atoms with van der Waals surface area (Å²) >= 11 is 0. The van der Waals surface area contributed by atoms with E-state index in [-0.39, 0.29) is 38.7 Å². The molecule has 0 rings (SSSR count). The van der Waals surface area contributed by atoms with Crippen molar-refractivity contribution in [3.63, 3.8) is 0 Å². The fourth-order valence-corrected chi connectivity index (χ4v) is 0. The molecule has 1 N–H and O–H groups in total. The van der Waals surface area contributed by atoms with Gasteiger partial charge < -0.3 is 21.9 Å². The first-order valence-corrected chi connectivity index (χ1v) is 1.50. The van der Waals surface area contributed by atoms with E-state index in [1.54, 1.807) is 0 Å². The summed E-state index contributed by atoms with van der Waals surface area (Å²) in [5, 5.41) is 0. The van der Waals surface area contributed by atoms with Crippen LogP contribution in [-0.2, 0) is 21.7 Å².